The van der Waals surface area contributed by atoms with Gasteiger partial charge >= 0.3 is 5.97 Å². The number of hydrogen-bond donors (Lipinski definition) is 2. The molecule has 0 spiro atoms. The van der Waals surface area contributed by atoms with Crippen LogP contribution in [0.2, 0.25) is 5.02 Å². The van der Waals surface area contributed by atoms with Crippen LogP contribution in [0, 0.1) is 0 Å². The van der Waals surface area contributed by atoms with Crippen molar-refractivity contribution in [1.29, 1.82) is 0 Å². The molecule has 0 aliphatic rings. The summed E-state index contributed by atoms with van der Waals surface area (Å²) in [6, 6.07) is 13.1. The zero-order valence-electron chi connectivity index (χ0n) is 13.9. The van der Waals surface area contributed by atoms with Gasteiger partial charge < -0.3 is 10.4 Å². The van der Waals surface area contributed by atoms with Gasteiger partial charge in [-0.15, -0.1) is 0 Å². The third kappa shape index (κ3) is 4.04. The number of aromatic nitrogens is 2. The number of benzene rings is 2. The highest BCUT2D eigenvalue weighted by Crippen LogP contribution is 2.20. The first-order chi connectivity index (χ1) is 13.0. The van der Waals surface area contributed by atoms with E-state index in [9.17, 15) is 19.5 Å². The molecule has 8 heteroatoms. The Balaban J connectivity index is 1.98. The van der Waals surface area contributed by atoms with Gasteiger partial charge in [0.2, 0.25) is 0 Å². The molecule has 1 heterocycles. The molecule has 1 unspecified atom stereocenters. The summed E-state index contributed by atoms with van der Waals surface area (Å²) < 4.78 is 0.951. The van der Waals surface area contributed by atoms with E-state index in [-0.39, 0.29) is 5.69 Å². The highest BCUT2D eigenvalue weighted by Gasteiger charge is 2.24. The molecule has 0 radical (unpaired) electrons. The summed E-state index contributed by atoms with van der Waals surface area (Å²) in [5, 5.41) is 12.5. The summed E-state index contributed by atoms with van der Waals surface area (Å²) in [7, 11) is 0. The topological polar surface area (TPSA) is 101 Å². The smallest absolute Gasteiger partial charge is 0.331 e. The normalized spacial score (nSPS) is 11.6. The lowest BCUT2D eigenvalue weighted by molar-refractivity contribution is -0.139. The van der Waals surface area contributed by atoms with Gasteiger partial charge in [0.25, 0.3) is 11.5 Å². The largest absolute Gasteiger partial charge is 0.479 e. The number of nitrogens with one attached hydrogen (secondary N) is 1. The number of carbonyl (C=O) groups is 2. The second kappa shape index (κ2) is 7.84. The van der Waals surface area contributed by atoms with Crippen LogP contribution in [-0.4, -0.2) is 26.5 Å². The van der Waals surface area contributed by atoms with E-state index in [2.05, 4.69) is 10.3 Å². The Morgan fingerprint density at radius 2 is 1.74 bits per heavy atom. The van der Waals surface area contributed by atoms with Gasteiger partial charge in [-0.05, 0) is 29.8 Å². The number of rotatable bonds is 5. The van der Waals surface area contributed by atoms with E-state index in [1.54, 1.807) is 30.3 Å². The van der Waals surface area contributed by atoms with E-state index in [1.165, 1.54) is 30.5 Å². The summed E-state index contributed by atoms with van der Waals surface area (Å²) >= 11 is 5.84. The molecule has 2 aromatic carbocycles. The average Bonchev–Trinajstić information content (AvgIpc) is 2.67. The lowest BCUT2D eigenvalue weighted by Gasteiger charge is -2.16. The van der Waals surface area contributed by atoms with E-state index in [0.717, 1.165) is 10.9 Å². The minimum atomic E-state index is -1.31. The van der Waals surface area contributed by atoms with Gasteiger partial charge in [-0.3, -0.25) is 14.2 Å². The number of aliphatic carboxylic acids is 1. The van der Waals surface area contributed by atoms with E-state index in [4.69, 9.17) is 11.6 Å². The molecule has 0 bridgehead atoms. The van der Waals surface area contributed by atoms with Crippen molar-refractivity contribution in [2.24, 2.45) is 0 Å². The van der Waals surface area contributed by atoms with Crippen LogP contribution in [0.25, 0.3) is 0 Å². The van der Waals surface area contributed by atoms with Gasteiger partial charge in [-0.1, -0.05) is 41.9 Å². The van der Waals surface area contributed by atoms with Crippen molar-refractivity contribution in [2.45, 2.75) is 6.04 Å². The Hall–Kier alpha value is -3.45. The predicted molar refractivity (Wildman–Crippen MR) is 100 cm³/mol. The van der Waals surface area contributed by atoms with Crippen LogP contribution < -0.4 is 10.9 Å². The third-order valence-electron chi connectivity index (χ3n) is 3.84. The minimum absolute atomic E-state index is 0.119. The summed E-state index contributed by atoms with van der Waals surface area (Å²) in [6.45, 7) is 0. The third-order valence-corrected chi connectivity index (χ3v) is 4.09. The zero-order valence-corrected chi connectivity index (χ0v) is 14.6. The maximum atomic E-state index is 12.7. The lowest BCUT2D eigenvalue weighted by atomic mass is 10.1. The maximum absolute atomic E-state index is 12.7. The summed E-state index contributed by atoms with van der Waals surface area (Å²) in [4.78, 5) is 40.7. The van der Waals surface area contributed by atoms with E-state index in [0.29, 0.717) is 16.1 Å². The number of amides is 1. The molecule has 1 amide bonds. The monoisotopic (exact) mass is 383 g/mol. The highest BCUT2D eigenvalue weighted by molar-refractivity contribution is 6.30. The molecular formula is C19H14ClN3O4. The Bertz CT molecular complexity index is 1030. The summed E-state index contributed by atoms with van der Waals surface area (Å²) in [6.07, 6.45) is 2.30. The number of halogens is 1. The van der Waals surface area contributed by atoms with Crippen molar-refractivity contribution < 1.29 is 14.7 Å². The van der Waals surface area contributed by atoms with Crippen LogP contribution in [0.4, 0.5) is 5.69 Å². The van der Waals surface area contributed by atoms with Crippen LogP contribution in [0.1, 0.15) is 22.0 Å². The second-order valence-corrected chi connectivity index (χ2v) is 6.07. The van der Waals surface area contributed by atoms with Gasteiger partial charge in [0.05, 0.1) is 12.5 Å². The SMILES string of the molecule is O=C(Nc1cncn(C(C(=O)O)c2ccc(Cl)cc2)c1=O)c1ccccc1. The first-order valence-corrected chi connectivity index (χ1v) is 8.26. The molecule has 27 heavy (non-hydrogen) atoms. The molecule has 0 saturated heterocycles. The molecule has 136 valence electrons. The number of carboxylic acids is 1. The van der Waals surface area contributed by atoms with Crippen molar-refractivity contribution >= 4 is 29.2 Å². The number of hydrogen-bond acceptors (Lipinski definition) is 4. The fourth-order valence-corrected chi connectivity index (χ4v) is 2.67. The highest BCUT2D eigenvalue weighted by atomic mass is 35.5. The van der Waals surface area contributed by atoms with Crippen LogP contribution in [0.3, 0.4) is 0 Å². The van der Waals surface area contributed by atoms with E-state index >= 15 is 0 Å². The molecular weight excluding hydrogens is 370 g/mol. The minimum Gasteiger partial charge on any atom is -0.479 e. The van der Waals surface area contributed by atoms with Gasteiger partial charge in [0.1, 0.15) is 5.69 Å². The first kappa shape index (κ1) is 18.3. The van der Waals surface area contributed by atoms with Crippen LogP contribution >= 0.6 is 11.6 Å². The van der Waals surface area contributed by atoms with Crippen molar-refractivity contribution in [3.8, 4) is 0 Å². The molecule has 2 N–H and O–H groups in total. The Kier molecular flexibility index (Phi) is 5.33. The molecule has 1 aromatic heterocycles. The van der Waals surface area contributed by atoms with Crippen molar-refractivity contribution in [2.75, 3.05) is 5.32 Å². The Morgan fingerprint density at radius 1 is 1.07 bits per heavy atom. The molecule has 0 aliphatic carbocycles. The van der Waals surface area contributed by atoms with Gasteiger partial charge in [-0.25, -0.2) is 9.78 Å². The van der Waals surface area contributed by atoms with Crippen LogP contribution in [0.5, 0.6) is 0 Å². The van der Waals surface area contributed by atoms with E-state index in [1.807, 2.05) is 0 Å². The molecule has 0 saturated carbocycles. The fraction of sp³-hybridized carbons (Fsp3) is 0.0526. The number of carbonyl (C=O) groups excluding carboxylic acids is 1. The molecule has 3 aromatic rings. The standard InChI is InChI=1S/C19H14ClN3O4/c20-14-8-6-12(7-9-14)16(19(26)27)23-11-21-10-15(18(23)25)22-17(24)13-4-2-1-3-5-13/h1-11,16H,(H,22,24)(H,26,27). The molecule has 0 fully saturated rings. The zero-order chi connectivity index (χ0) is 19.4. The molecule has 0 aliphatic heterocycles. The Labute approximate surface area is 158 Å². The number of carboxylic acid groups (broad SMARTS) is 1. The fourth-order valence-electron chi connectivity index (χ4n) is 2.55. The van der Waals surface area contributed by atoms with Crippen molar-refractivity contribution in [3.05, 3.63) is 93.6 Å². The van der Waals surface area contributed by atoms with Crippen LogP contribution in [-0.2, 0) is 4.79 Å². The van der Waals surface area contributed by atoms with E-state index < -0.39 is 23.5 Å². The molecule has 7 nitrogen and oxygen atoms in total. The number of nitrogens with zero attached hydrogens (tertiary/aromatic N) is 2. The molecule has 1 atom stereocenters. The predicted octanol–water partition coefficient (Wildman–Crippen LogP) is 2.82. The average molecular weight is 384 g/mol. The molecule has 3 rings (SSSR count). The summed E-state index contributed by atoms with van der Waals surface area (Å²) in [5.74, 6) is -1.74. The van der Waals surface area contributed by atoms with Crippen molar-refractivity contribution in [3.63, 3.8) is 0 Å². The quantitative estimate of drug-likeness (QED) is 0.705. The van der Waals surface area contributed by atoms with Crippen LogP contribution in [0.15, 0.2) is 71.9 Å². The number of anilines is 1. The summed E-state index contributed by atoms with van der Waals surface area (Å²) in [5.41, 5.74) is -0.0923. The first-order valence-electron chi connectivity index (χ1n) is 7.88. The lowest BCUT2D eigenvalue weighted by Crippen LogP contribution is -2.33. The van der Waals surface area contributed by atoms with Gasteiger partial charge in [-0.2, -0.15) is 0 Å². The maximum Gasteiger partial charge on any atom is 0.331 e. The van der Waals surface area contributed by atoms with Gasteiger partial charge in [0.15, 0.2) is 6.04 Å². The second-order valence-electron chi connectivity index (χ2n) is 5.63. The van der Waals surface area contributed by atoms with Gasteiger partial charge in [0, 0.05) is 10.6 Å². The van der Waals surface area contributed by atoms with Crippen molar-refractivity contribution in [1.82, 2.24) is 9.55 Å². The Morgan fingerprint density at radius 3 is 2.37 bits per heavy atom.